The zero-order valence-electron chi connectivity index (χ0n) is 22.3. The van der Waals surface area contributed by atoms with Crippen LogP contribution in [0.5, 0.6) is 0 Å². The van der Waals surface area contributed by atoms with Gasteiger partial charge in [-0.05, 0) is 67.1 Å². The molecule has 1 heterocycles. The number of hydrogen-bond acceptors (Lipinski definition) is 5. The van der Waals surface area contributed by atoms with E-state index in [2.05, 4.69) is 5.32 Å². The summed E-state index contributed by atoms with van der Waals surface area (Å²) in [5.74, 6) is -0.730. The normalized spacial score (nSPS) is 12.3. The summed E-state index contributed by atoms with van der Waals surface area (Å²) in [5, 5.41) is 12.4. The topological polar surface area (TPSA) is 103 Å². The van der Waals surface area contributed by atoms with Crippen LogP contribution in [0.2, 0.25) is 10.0 Å². The number of sulfonamides is 1. The van der Waals surface area contributed by atoms with Gasteiger partial charge in [0.1, 0.15) is 23.2 Å². The van der Waals surface area contributed by atoms with Crippen LogP contribution in [0.15, 0.2) is 93.7 Å². The quantitative estimate of drug-likeness (QED) is 0.147. The first-order valence-electron chi connectivity index (χ1n) is 12.5. The number of aryl methyl sites for hydroxylation is 1. The zero-order chi connectivity index (χ0) is 31.4. The third-order valence-corrected chi connectivity index (χ3v) is 8.53. The minimum absolute atomic E-state index is 0.0444. The van der Waals surface area contributed by atoms with Crippen LogP contribution in [0.4, 0.5) is 18.9 Å². The Morgan fingerprint density at radius 2 is 1.74 bits per heavy atom. The van der Waals surface area contributed by atoms with E-state index in [0.29, 0.717) is 10.6 Å². The number of nitrogens with one attached hydrogen (secondary N) is 1. The Labute approximate surface area is 255 Å². The predicted molar refractivity (Wildman–Crippen MR) is 156 cm³/mol. The largest absolute Gasteiger partial charge is 0.460 e. The van der Waals surface area contributed by atoms with Crippen molar-refractivity contribution in [1.29, 1.82) is 5.26 Å². The van der Waals surface area contributed by atoms with Crippen molar-refractivity contribution >= 4 is 50.9 Å². The fourth-order valence-electron chi connectivity index (χ4n) is 3.92. The lowest BCUT2D eigenvalue weighted by Crippen LogP contribution is -2.30. The molecule has 0 saturated heterocycles. The molecule has 0 aliphatic heterocycles. The van der Waals surface area contributed by atoms with E-state index in [1.807, 2.05) is 6.92 Å². The molecule has 0 unspecified atom stereocenters. The van der Waals surface area contributed by atoms with Crippen molar-refractivity contribution in [3.05, 3.63) is 123 Å². The summed E-state index contributed by atoms with van der Waals surface area (Å²) in [6.45, 7) is 1.47. The molecule has 222 valence electrons. The monoisotopic (exact) mass is 647 g/mol. The van der Waals surface area contributed by atoms with Crippen molar-refractivity contribution in [2.24, 2.45) is 0 Å². The van der Waals surface area contributed by atoms with Crippen LogP contribution in [0.25, 0.3) is 6.08 Å². The van der Waals surface area contributed by atoms with Gasteiger partial charge in [-0.3, -0.25) is 4.79 Å². The maximum atomic E-state index is 13.6. The van der Waals surface area contributed by atoms with E-state index < -0.39 is 33.2 Å². The van der Waals surface area contributed by atoms with E-state index in [4.69, 9.17) is 27.6 Å². The van der Waals surface area contributed by atoms with Crippen molar-refractivity contribution in [3.8, 4) is 6.07 Å². The second kappa shape index (κ2) is 13.1. The lowest BCUT2D eigenvalue weighted by Gasteiger charge is -2.22. The van der Waals surface area contributed by atoms with Gasteiger partial charge in [0.2, 0.25) is 10.0 Å². The van der Waals surface area contributed by atoms with Crippen molar-refractivity contribution in [3.63, 3.8) is 0 Å². The van der Waals surface area contributed by atoms with E-state index in [0.717, 1.165) is 34.1 Å². The number of furan rings is 1. The minimum atomic E-state index is -4.61. The number of carbonyl (C=O) groups is 1. The molecule has 0 saturated carbocycles. The van der Waals surface area contributed by atoms with Gasteiger partial charge in [-0.15, -0.1) is 0 Å². The minimum Gasteiger partial charge on any atom is -0.460 e. The van der Waals surface area contributed by atoms with Crippen LogP contribution >= 0.6 is 23.2 Å². The molecule has 1 aromatic heterocycles. The van der Waals surface area contributed by atoms with Crippen LogP contribution in [0.1, 0.15) is 28.2 Å². The first kappa shape index (κ1) is 31.8. The van der Waals surface area contributed by atoms with E-state index in [1.54, 1.807) is 30.3 Å². The number of carbonyl (C=O) groups excluding carboxylic acids is 1. The Balaban J connectivity index is 1.59. The molecule has 4 aromatic rings. The number of alkyl halides is 3. The van der Waals surface area contributed by atoms with Crippen LogP contribution < -0.4 is 5.32 Å². The van der Waals surface area contributed by atoms with Gasteiger partial charge >= 0.3 is 6.18 Å². The highest BCUT2D eigenvalue weighted by molar-refractivity contribution is 7.89. The summed E-state index contributed by atoms with van der Waals surface area (Å²) in [6.07, 6.45) is -3.51. The third kappa shape index (κ3) is 8.06. The van der Waals surface area contributed by atoms with Gasteiger partial charge in [-0.2, -0.15) is 22.7 Å². The Morgan fingerprint density at radius 1 is 1.02 bits per heavy atom. The summed E-state index contributed by atoms with van der Waals surface area (Å²) >= 11 is 12.3. The van der Waals surface area contributed by atoms with Crippen LogP contribution in [-0.4, -0.2) is 18.6 Å². The number of hydrogen-bond donors (Lipinski definition) is 1. The Morgan fingerprint density at radius 3 is 2.40 bits per heavy atom. The molecule has 0 atom stereocenters. The van der Waals surface area contributed by atoms with Crippen molar-refractivity contribution in [2.75, 3.05) is 5.32 Å². The van der Waals surface area contributed by atoms with Crippen molar-refractivity contribution in [2.45, 2.75) is 31.1 Å². The predicted octanol–water partition coefficient (Wildman–Crippen LogP) is 7.85. The molecule has 1 amide bonds. The van der Waals surface area contributed by atoms with Crippen molar-refractivity contribution in [1.82, 2.24) is 4.31 Å². The summed E-state index contributed by atoms with van der Waals surface area (Å²) < 4.78 is 73.2. The lowest BCUT2D eigenvalue weighted by atomic mass is 10.1. The molecule has 0 fully saturated rings. The van der Waals surface area contributed by atoms with E-state index in [-0.39, 0.29) is 40.2 Å². The van der Waals surface area contributed by atoms with Gasteiger partial charge < -0.3 is 9.73 Å². The summed E-state index contributed by atoms with van der Waals surface area (Å²) in [5.41, 5.74) is -0.201. The molecule has 0 aliphatic rings. The molecular formula is C30H22Cl2F3N3O4S. The molecule has 0 aliphatic carbocycles. The number of nitrogens with zero attached hydrogens (tertiary/aromatic N) is 2. The highest BCUT2D eigenvalue weighted by Gasteiger charge is 2.31. The first-order chi connectivity index (χ1) is 20.3. The fraction of sp³-hybridized carbons (Fsp3) is 0.133. The molecule has 0 radical (unpaired) electrons. The van der Waals surface area contributed by atoms with Gasteiger partial charge in [0, 0.05) is 28.4 Å². The molecule has 43 heavy (non-hydrogen) atoms. The summed E-state index contributed by atoms with van der Waals surface area (Å²) in [6, 6.07) is 19.6. The second-order valence-electron chi connectivity index (χ2n) is 9.33. The molecule has 1 N–H and O–H groups in total. The van der Waals surface area contributed by atoms with E-state index in [9.17, 15) is 31.6 Å². The maximum absolute atomic E-state index is 13.6. The molecular weight excluding hydrogens is 626 g/mol. The SMILES string of the molecule is Cc1ccc(S(=O)(=O)N(Cc2ccc(/C=C(/C#N)C(=O)Nc3cccc(C(F)(F)F)c3)o2)Cc2ccc(Cl)cc2Cl)cc1. The average Bonchev–Trinajstić information content (AvgIpc) is 3.39. The third-order valence-electron chi connectivity index (χ3n) is 6.13. The highest BCUT2D eigenvalue weighted by Crippen LogP contribution is 2.31. The number of rotatable bonds is 9. The first-order valence-corrected chi connectivity index (χ1v) is 14.7. The molecule has 0 bridgehead atoms. The van der Waals surface area contributed by atoms with Crippen LogP contribution in [0.3, 0.4) is 0 Å². The summed E-state index contributed by atoms with van der Waals surface area (Å²) in [4.78, 5) is 12.7. The highest BCUT2D eigenvalue weighted by atomic mass is 35.5. The van der Waals surface area contributed by atoms with Gasteiger partial charge in [0.15, 0.2) is 0 Å². The maximum Gasteiger partial charge on any atom is 0.416 e. The standard InChI is InChI=1S/C30H22Cl2F3N3O4S/c1-19-5-11-27(12-6-19)43(40,41)38(17-20-7-8-23(31)15-28(20)32)18-26-10-9-25(42-26)13-21(16-36)29(39)37-24-4-2-3-22(14-24)30(33,34)35/h2-15H,17-18H2,1H3,(H,37,39)/b21-13-. The molecule has 3 aromatic carbocycles. The molecule has 4 rings (SSSR count). The molecule has 0 spiro atoms. The Bertz CT molecular complexity index is 1830. The summed E-state index contributed by atoms with van der Waals surface area (Å²) in [7, 11) is -4.05. The number of nitriles is 1. The second-order valence-corrected chi connectivity index (χ2v) is 12.1. The average molecular weight is 648 g/mol. The van der Waals surface area contributed by atoms with Crippen LogP contribution in [-0.2, 0) is 34.1 Å². The number of amides is 1. The van der Waals surface area contributed by atoms with Crippen molar-refractivity contribution < 1.29 is 30.8 Å². The van der Waals surface area contributed by atoms with Gasteiger partial charge in [0.25, 0.3) is 5.91 Å². The Kier molecular flexibility index (Phi) is 9.67. The lowest BCUT2D eigenvalue weighted by molar-refractivity contribution is -0.137. The number of benzene rings is 3. The fourth-order valence-corrected chi connectivity index (χ4v) is 5.77. The van der Waals surface area contributed by atoms with Crippen LogP contribution in [0, 0.1) is 18.3 Å². The van der Waals surface area contributed by atoms with E-state index >= 15 is 0 Å². The van der Waals surface area contributed by atoms with Gasteiger partial charge in [-0.1, -0.05) is 53.0 Å². The van der Waals surface area contributed by atoms with Gasteiger partial charge in [0.05, 0.1) is 17.0 Å². The number of anilines is 1. The number of halogens is 5. The van der Waals surface area contributed by atoms with E-state index in [1.165, 1.54) is 36.4 Å². The van der Waals surface area contributed by atoms with Gasteiger partial charge in [-0.25, -0.2) is 8.42 Å². The smallest absolute Gasteiger partial charge is 0.416 e. The molecule has 13 heteroatoms. The zero-order valence-corrected chi connectivity index (χ0v) is 24.7. The molecule has 7 nitrogen and oxygen atoms in total. The Hall–Kier alpha value is -4.08.